The summed E-state index contributed by atoms with van der Waals surface area (Å²) in [5.74, 6) is 1.43. The van der Waals surface area contributed by atoms with Gasteiger partial charge in [-0.2, -0.15) is 0 Å². The first-order valence-electron chi connectivity index (χ1n) is 6.81. The van der Waals surface area contributed by atoms with Crippen molar-refractivity contribution in [2.75, 3.05) is 0 Å². The summed E-state index contributed by atoms with van der Waals surface area (Å²) < 4.78 is 0. The van der Waals surface area contributed by atoms with Crippen LogP contribution in [0.2, 0.25) is 0 Å². The molecule has 2 aliphatic carbocycles. The lowest BCUT2D eigenvalue weighted by Crippen LogP contribution is -2.48. The molecule has 2 fully saturated rings. The van der Waals surface area contributed by atoms with Gasteiger partial charge in [0.25, 0.3) is 0 Å². The van der Waals surface area contributed by atoms with Gasteiger partial charge in [-0.05, 0) is 49.4 Å². The summed E-state index contributed by atoms with van der Waals surface area (Å²) in [4.78, 5) is 0. The van der Waals surface area contributed by atoms with E-state index in [9.17, 15) is 5.11 Å². The number of hydrogen-bond donors (Lipinski definition) is 1. The van der Waals surface area contributed by atoms with Crippen molar-refractivity contribution in [2.45, 2.75) is 59.0 Å². The molecule has 0 radical (unpaired) electrons. The zero-order chi connectivity index (χ0) is 11.9. The van der Waals surface area contributed by atoms with E-state index < -0.39 is 0 Å². The highest BCUT2D eigenvalue weighted by Crippen LogP contribution is 2.54. The topological polar surface area (TPSA) is 20.2 Å². The first-order valence-corrected chi connectivity index (χ1v) is 6.81. The second-order valence-electron chi connectivity index (χ2n) is 6.58. The summed E-state index contributed by atoms with van der Waals surface area (Å²) in [5.41, 5.74) is 1.65. The van der Waals surface area contributed by atoms with Crippen LogP contribution in [-0.4, -0.2) is 11.2 Å². The first-order chi connectivity index (χ1) is 7.46. The monoisotopic (exact) mass is 222 g/mol. The Balaban J connectivity index is 2.24. The minimum absolute atomic E-state index is 0.147. The van der Waals surface area contributed by atoms with Gasteiger partial charge in [-0.15, -0.1) is 0 Å². The van der Waals surface area contributed by atoms with Crippen LogP contribution in [0.4, 0.5) is 0 Å². The summed E-state index contributed by atoms with van der Waals surface area (Å²) in [6.07, 6.45) is 5.99. The molecule has 0 bridgehead atoms. The Hall–Kier alpha value is -0.300. The molecule has 1 unspecified atom stereocenters. The van der Waals surface area contributed by atoms with Crippen molar-refractivity contribution in [3.63, 3.8) is 0 Å². The van der Waals surface area contributed by atoms with E-state index in [1.807, 2.05) is 0 Å². The third-order valence-corrected chi connectivity index (χ3v) is 5.12. The summed E-state index contributed by atoms with van der Waals surface area (Å²) in [7, 11) is 0. The van der Waals surface area contributed by atoms with Gasteiger partial charge in [-0.3, -0.25) is 0 Å². The van der Waals surface area contributed by atoms with Crippen LogP contribution < -0.4 is 0 Å². The second-order valence-corrected chi connectivity index (χ2v) is 6.58. The average Bonchev–Trinajstić information content (AvgIpc) is 2.16. The van der Waals surface area contributed by atoms with E-state index in [2.05, 4.69) is 27.4 Å². The van der Waals surface area contributed by atoms with Crippen molar-refractivity contribution in [3.8, 4) is 0 Å². The molecule has 2 saturated carbocycles. The molecule has 1 heteroatoms. The van der Waals surface area contributed by atoms with Gasteiger partial charge in [0.2, 0.25) is 0 Å². The minimum atomic E-state index is -0.147. The zero-order valence-electron chi connectivity index (χ0n) is 11.0. The zero-order valence-corrected chi connectivity index (χ0v) is 11.0. The molecule has 16 heavy (non-hydrogen) atoms. The molecular formula is C15H26O. The number of aliphatic hydroxyl groups excluding tert-OH is 1. The van der Waals surface area contributed by atoms with E-state index in [-0.39, 0.29) is 6.10 Å². The van der Waals surface area contributed by atoms with E-state index in [1.54, 1.807) is 0 Å². The highest BCUT2D eigenvalue weighted by atomic mass is 16.3. The Morgan fingerprint density at radius 3 is 2.69 bits per heavy atom. The standard InChI is InChI=1S/C15H26O/c1-10(2)12-7-9-15(4)8-5-6-11(3)13(15)14(12)16/h10,12-14,16H,3,5-9H2,1-2,4H3/t12-,13?,14-,15+/m0/s1. The van der Waals surface area contributed by atoms with Crippen molar-refractivity contribution >= 4 is 0 Å². The fourth-order valence-electron chi connectivity index (χ4n) is 4.10. The number of hydrogen-bond acceptors (Lipinski definition) is 1. The van der Waals surface area contributed by atoms with E-state index >= 15 is 0 Å². The molecule has 0 aromatic carbocycles. The Bertz CT molecular complexity index is 281. The van der Waals surface area contributed by atoms with E-state index in [1.165, 1.54) is 31.3 Å². The molecule has 4 atom stereocenters. The lowest BCUT2D eigenvalue weighted by molar-refractivity contribution is -0.0669. The number of aliphatic hydroxyl groups is 1. The van der Waals surface area contributed by atoms with Gasteiger partial charge in [0.05, 0.1) is 6.10 Å². The Morgan fingerprint density at radius 2 is 2.06 bits per heavy atom. The molecule has 0 aromatic rings. The molecule has 0 saturated heterocycles. The molecule has 1 N–H and O–H groups in total. The van der Waals surface area contributed by atoms with Crippen LogP contribution in [0.3, 0.4) is 0 Å². The fourth-order valence-corrected chi connectivity index (χ4v) is 4.10. The fraction of sp³-hybridized carbons (Fsp3) is 0.867. The number of rotatable bonds is 1. The van der Waals surface area contributed by atoms with Gasteiger partial charge in [-0.1, -0.05) is 32.9 Å². The van der Waals surface area contributed by atoms with Gasteiger partial charge < -0.3 is 5.11 Å². The van der Waals surface area contributed by atoms with Gasteiger partial charge >= 0.3 is 0 Å². The first kappa shape index (κ1) is 12.2. The SMILES string of the molecule is C=C1CCC[C@]2(C)CC[C@@H](C(C)C)[C@H](O)C12. The van der Waals surface area contributed by atoms with Crippen molar-refractivity contribution in [1.29, 1.82) is 0 Å². The third-order valence-electron chi connectivity index (χ3n) is 5.12. The minimum Gasteiger partial charge on any atom is -0.392 e. The van der Waals surface area contributed by atoms with E-state index in [0.717, 1.165) is 6.42 Å². The second kappa shape index (κ2) is 4.18. The summed E-state index contributed by atoms with van der Waals surface area (Å²) >= 11 is 0. The molecule has 2 rings (SSSR count). The summed E-state index contributed by atoms with van der Waals surface area (Å²) in [6.45, 7) is 11.1. The van der Waals surface area contributed by atoms with Crippen LogP contribution in [0.15, 0.2) is 12.2 Å². The third kappa shape index (κ3) is 1.84. The quantitative estimate of drug-likeness (QED) is 0.669. The van der Waals surface area contributed by atoms with Gasteiger partial charge in [0, 0.05) is 5.92 Å². The molecule has 0 amide bonds. The Kier molecular flexibility index (Phi) is 3.18. The van der Waals surface area contributed by atoms with E-state index in [4.69, 9.17) is 0 Å². The van der Waals surface area contributed by atoms with Crippen molar-refractivity contribution in [3.05, 3.63) is 12.2 Å². The Labute approximate surface area is 99.9 Å². The number of fused-ring (bicyclic) bond motifs is 1. The molecule has 0 aromatic heterocycles. The van der Waals surface area contributed by atoms with Crippen LogP contribution in [0.5, 0.6) is 0 Å². The van der Waals surface area contributed by atoms with E-state index in [0.29, 0.717) is 23.2 Å². The maximum atomic E-state index is 10.6. The van der Waals surface area contributed by atoms with Crippen LogP contribution >= 0.6 is 0 Å². The van der Waals surface area contributed by atoms with Crippen LogP contribution in [0.25, 0.3) is 0 Å². The van der Waals surface area contributed by atoms with Crippen molar-refractivity contribution in [2.24, 2.45) is 23.2 Å². The molecule has 0 aliphatic heterocycles. The maximum Gasteiger partial charge on any atom is 0.0641 e. The van der Waals surface area contributed by atoms with Crippen molar-refractivity contribution < 1.29 is 5.11 Å². The normalized spacial score (nSPS) is 44.6. The smallest absolute Gasteiger partial charge is 0.0641 e. The van der Waals surface area contributed by atoms with Crippen molar-refractivity contribution in [1.82, 2.24) is 0 Å². The lowest BCUT2D eigenvalue weighted by Gasteiger charge is -2.52. The van der Waals surface area contributed by atoms with Crippen LogP contribution in [0, 0.1) is 23.2 Å². The average molecular weight is 222 g/mol. The molecule has 2 aliphatic rings. The Morgan fingerprint density at radius 1 is 1.38 bits per heavy atom. The molecule has 0 spiro atoms. The van der Waals surface area contributed by atoms with Gasteiger partial charge in [0.15, 0.2) is 0 Å². The molecular weight excluding hydrogens is 196 g/mol. The van der Waals surface area contributed by atoms with Gasteiger partial charge in [-0.25, -0.2) is 0 Å². The summed E-state index contributed by atoms with van der Waals surface area (Å²) in [6, 6.07) is 0. The predicted molar refractivity (Wildman–Crippen MR) is 68.2 cm³/mol. The molecule has 1 nitrogen and oxygen atoms in total. The summed E-state index contributed by atoms with van der Waals surface area (Å²) in [5, 5.41) is 10.6. The predicted octanol–water partition coefficient (Wildman–Crippen LogP) is 3.78. The van der Waals surface area contributed by atoms with Crippen LogP contribution in [0.1, 0.15) is 52.9 Å². The molecule has 92 valence electrons. The van der Waals surface area contributed by atoms with Gasteiger partial charge in [0.1, 0.15) is 0 Å². The lowest BCUT2D eigenvalue weighted by atomic mass is 9.54. The largest absolute Gasteiger partial charge is 0.392 e. The maximum absolute atomic E-state index is 10.6. The highest BCUT2D eigenvalue weighted by Gasteiger charge is 2.48. The highest BCUT2D eigenvalue weighted by molar-refractivity contribution is 5.15. The molecule has 0 heterocycles. The van der Waals surface area contributed by atoms with Crippen LogP contribution in [-0.2, 0) is 0 Å².